The molecule has 0 saturated heterocycles. The molecule has 0 aliphatic rings. The Bertz CT molecular complexity index is 3210. The highest BCUT2D eigenvalue weighted by molar-refractivity contribution is 6.25. The van der Waals surface area contributed by atoms with Crippen LogP contribution in [0.2, 0.25) is 0 Å². The van der Waals surface area contributed by atoms with Gasteiger partial charge in [-0.1, -0.05) is 170 Å². The van der Waals surface area contributed by atoms with Crippen LogP contribution in [0.3, 0.4) is 0 Å². The minimum absolute atomic E-state index is 1.11. The SMILES string of the molecule is c1ccc2cc(-c3ccc(N(c4ccc(-c5ccc6c7ccccc7c7ccccc7c6c5)cc4)c4cc5ccccc5c5ccccc45)cc3)ccc2c1. The molecule has 1 nitrogen and oxygen atoms in total. The number of nitrogens with zero attached hydrogens (tertiary/aromatic N) is 1. The lowest BCUT2D eigenvalue weighted by Crippen LogP contribution is -2.10. The molecule has 0 spiro atoms. The Kier molecular flexibility index (Phi) is 7.25. The smallest absolute Gasteiger partial charge is 0.0546 e. The normalized spacial score (nSPS) is 11.6. The molecule has 0 aliphatic heterocycles. The lowest BCUT2D eigenvalue weighted by Gasteiger charge is -2.28. The third-order valence-corrected chi connectivity index (χ3v) is 11.4. The molecule has 0 radical (unpaired) electrons. The van der Waals surface area contributed by atoms with Crippen LogP contribution < -0.4 is 4.90 Å². The molecule has 55 heavy (non-hydrogen) atoms. The standard InChI is InChI=1S/C54H35N/c1-2-12-39-33-40(22-21-36(39)11-1)37-23-28-43(29-24-37)55(54-35-42-13-3-4-14-45(42)46-15-9-10-20-52(46)54)44-30-25-38(26-31-44)41-27-32-51-49-18-6-5-16-47(49)48-17-7-8-19-50(48)53(51)34-41/h1-35H. The fraction of sp³-hybridized carbons (Fsp3) is 0. The maximum atomic E-state index is 2.42. The van der Waals surface area contributed by atoms with Crippen LogP contribution in [0.5, 0.6) is 0 Å². The Balaban J connectivity index is 1.05. The van der Waals surface area contributed by atoms with E-state index in [-0.39, 0.29) is 0 Å². The number of hydrogen-bond donors (Lipinski definition) is 0. The highest BCUT2D eigenvalue weighted by Gasteiger charge is 2.18. The van der Waals surface area contributed by atoms with Crippen molar-refractivity contribution in [2.24, 2.45) is 0 Å². The summed E-state index contributed by atoms with van der Waals surface area (Å²) in [4.78, 5) is 2.42. The topological polar surface area (TPSA) is 3.24 Å². The van der Waals surface area contributed by atoms with Crippen LogP contribution in [-0.2, 0) is 0 Å². The third-order valence-electron chi connectivity index (χ3n) is 11.4. The van der Waals surface area contributed by atoms with Gasteiger partial charge < -0.3 is 4.90 Å². The maximum absolute atomic E-state index is 2.42. The van der Waals surface area contributed by atoms with Crippen molar-refractivity contribution >= 4 is 81.7 Å². The van der Waals surface area contributed by atoms with Gasteiger partial charge in [0, 0.05) is 16.8 Å². The van der Waals surface area contributed by atoms with Crippen LogP contribution in [0.4, 0.5) is 17.1 Å². The summed E-state index contributed by atoms with van der Waals surface area (Å²) in [7, 11) is 0. The summed E-state index contributed by atoms with van der Waals surface area (Å²) in [6.07, 6.45) is 0. The van der Waals surface area contributed by atoms with Gasteiger partial charge in [0.15, 0.2) is 0 Å². The number of fused-ring (bicyclic) bond motifs is 10. The summed E-state index contributed by atoms with van der Waals surface area (Å²) < 4.78 is 0. The van der Waals surface area contributed by atoms with Gasteiger partial charge in [0.1, 0.15) is 0 Å². The first-order chi connectivity index (χ1) is 27.3. The van der Waals surface area contributed by atoms with Gasteiger partial charge in [-0.05, 0) is 124 Å². The van der Waals surface area contributed by atoms with E-state index < -0.39 is 0 Å². The maximum Gasteiger partial charge on any atom is 0.0546 e. The average Bonchev–Trinajstić information content (AvgIpc) is 3.27. The molecule has 1 heteroatoms. The van der Waals surface area contributed by atoms with E-state index in [9.17, 15) is 0 Å². The summed E-state index contributed by atoms with van der Waals surface area (Å²) in [6.45, 7) is 0. The first-order valence-electron chi connectivity index (χ1n) is 19.0. The molecule has 0 atom stereocenters. The molecule has 11 aromatic carbocycles. The number of hydrogen-bond acceptors (Lipinski definition) is 1. The molecule has 0 N–H and O–H groups in total. The molecule has 0 saturated carbocycles. The van der Waals surface area contributed by atoms with Gasteiger partial charge in [-0.3, -0.25) is 0 Å². The highest BCUT2D eigenvalue weighted by atomic mass is 15.1. The molecular weight excluding hydrogens is 663 g/mol. The van der Waals surface area contributed by atoms with Gasteiger partial charge in [0.2, 0.25) is 0 Å². The molecular formula is C54H35N. The number of anilines is 3. The Morgan fingerprint density at radius 1 is 0.218 bits per heavy atom. The van der Waals surface area contributed by atoms with E-state index in [0.29, 0.717) is 0 Å². The molecule has 0 bridgehead atoms. The van der Waals surface area contributed by atoms with Gasteiger partial charge in [-0.25, -0.2) is 0 Å². The van der Waals surface area contributed by atoms with E-state index >= 15 is 0 Å². The van der Waals surface area contributed by atoms with Crippen molar-refractivity contribution in [1.82, 2.24) is 0 Å². The Labute approximate surface area is 320 Å². The zero-order chi connectivity index (χ0) is 36.3. The van der Waals surface area contributed by atoms with E-state index in [1.54, 1.807) is 0 Å². The second kappa shape index (κ2) is 12.7. The quantitative estimate of drug-likeness (QED) is 0.162. The average molecular weight is 698 g/mol. The van der Waals surface area contributed by atoms with Crippen LogP contribution in [0.25, 0.3) is 86.9 Å². The largest absolute Gasteiger partial charge is 0.310 e. The van der Waals surface area contributed by atoms with Crippen molar-refractivity contribution in [3.8, 4) is 22.3 Å². The molecule has 11 aromatic rings. The zero-order valence-corrected chi connectivity index (χ0v) is 30.2. The van der Waals surface area contributed by atoms with Gasteiger partial charge in [-0.2, -0.15) is 0 Å². The predicted octanol–water partition coefficient (Wildman–Crippen LogP) is 15.4. The Hall–Kier alpha value is -7.22. The zero-order valence-electron chi connectivity index (χ0n) is 30.2. The fourth-order valence-corrected chi connectivity index (χ4v) is 8.71. The molecule has 0 aromatic heterocycles. The van der Waals surface area contributed by atoms with Crippen LogP contribution in [0.15, 0.2) is 212 Å². The van der Waals surface area contributed by atoms with Crippen molar-refractivity contribution < 1.29 is 0 Å². The fourth-order valence-electron chi connectivity index (χ4n) is 8.71. The van der Waals surface area contributed by atoms with Crippen molar-refractivity contribution in [2.75, 3.05) is 4.90 Å². The predicted molar refractivity (Wildman–Crippen MR) is 237 cm³/mol. The molecule has 11 rings (SSSR count). The van der Waals surface area contributed by atoms with Crippen LogP contribution in [0.1, 0.15) is 0 Å². The van der Waals surface area contributed by atoms with Crippen molar-refractivity contribution in [2.45, 2.75) is 0 Å². The number of benzene rings is 11. The van der Waals surface area contributed by atoms with Crippen molar-refractivity contribution in [1.29, 1.82) is 0 Å². The summed E-state index contributed by atoms with van der Waals surface area (Å²) >= 11 is 0. The van der Waals surface area contributed by atoms with Crippen molar-refractivity contribution in [3.05, 3.63) is 212 Å². The summed E-state index contributed by atoms with van der Waals surface area (Å²) in [6, 6.07) is 77.8. The van der Waals surface area contributed by atoms with E-state index in [1.165, 1.54) is 86.9 Å². The monoisotopic (exact) mass is 697 g/mol. The van der Waals surface area contributed by atoms with E-state index in [0.717, 1.165) is 17.1 Å². The van der Waals surface area contributed by atoms with E-state index in [4.69, 9.17) is 0 Å². The van der Waals surface area contributed by atoms with Gasteiger partial charge in [0.05, 0.1) is 5.69 Å². The Morgan fingerprint density at radius 3 is 1.22 bits per heavy atom. The summed E-state index contributed by atoms with van der Waals surface area (Å²) in [5, 5.41) is 15.2. The second-order valence-corrected chi connectivity index (χ2v) is 14.5. The molecule has 0 fully saturated rings. The summed E-state index contributed by atoms with van der Waals surface area (Å²) in [5.74, 6) is 0. The van der Waals surface area contributed by atoms with E-state index in [1.807, 2.05) is 0 Å². The van der Waals surface area contributed by atoms with Gasteiger partial charge >= 0.3 is 0 Å². The first kappa shape index (κ1) is 31.3. The van der Waals surface area contributed by atoms with Gasteiger partial charge in [-0.15, -0.1) is 0 Å². The Morgan fingerprint density at radius 2 is 0.618 bits per heavy atom. The lowest BCUT2D eigenvalue weighted by molar-refractivity contribution is 1.30. The van der Waals surface area contributed by atoms with E-state index in [2.05, 4.69) is 217 Å². The lowest BCUT2D eigenvalue weighted by atomic mass is 9.92. The highest BCUT2D eigenvalue weighted by Crippen LogP contribution is 2.43. The van der Waals surface area contributed by atoms with Crippen LogP contribution >= 0.6 is 0 Å². The molecule has 0 aliphatic carbocycles. The number of rotatable bonds is 5. The minimum Gasteiger partial charge on any atom is -0.310 e. The summed E-state index contributed by atoms with van der Waals surface area (Å²) in [5.41, 5.74) is 8.20. The van der Waals surface area contributed by atoms with Gasteiger partial charge in [0.25, 0.3) is 0 Å². The first-order valence-corrected chi connectivity index (χ1v) is 19.0. The molecule has 0 unspecified atom stereocenters. The van der Waals surface area contributed by atoms with Crippen LogP contribution in [0, 0.1) is 0 Å². The second-order valence-electron chi connectivity index (χ2n) is 14.5. The minimum atomic E-state index is 1.11. The van der Waals surface area contributed by atoms with Crippen LogP contribution in [-0.4, -0.2) is 0 Å². The molecule has 0 amide bonds. The van der Waals surface area contributed by atoms with Crippen molar-refractivity contribution in [3.63, 3.8) is 0 Å². The molecule has 256 valence electrons. The molecule has 0 heterocycles. The third kappa shape index (κ3) is 5.24.